The molecule has 0 saturated heterocycles. The predicted octanol–water partition coefficient (Wildman–Crippen LogP) is 3.07. The van der Waals surface area contributed by atoms with Crippen LogP contribution in [0.4, 0.5) is 0 Å². The Morgan fingerprint density at radius 1 is 0.842 bits per heavy atom. The summed E-state index contributed by atoms with van der Waals surface area (Å²) >= 11 is 0. The zero-order chi connectivity index (χ0) is 13.3. The molecule has 0 heterocycles. The number of aliphatic hydroxyl groups is 1. The second-order valence-electron chi connectivity index (χ2n) is 4.87. The largest absolute Gasteiger partial charge is 0.384 e. The van der Waals surface area contributed by atoms with E-state index in [-0.39, 0.29) is 0 Å². The van der Waals surface area contributed by atoms with Gasteiger partial charge in [0.1, 0.15) is 5.60 Å². The van der Waals surface area contributed by atoms with Gasteiger partial charge in [0.15, 0.2) is 0 Å². The van der Waals surface area contributed by atoms with Crippen molar-refractivity contribution in [2.75, 3.05) is 0 Å². The number of benzene rings is 1. The highest BCUT2D eigenvalue weighted by molar-refractivity contribution is 5.59. The summed E-state index contributed by atoms with van der Waals surface area (Å²) in [7, 11) is 0. The van der Waals surface area contributed by atoms with E-state index < -0.39 is 5.60 Å². The molecular formula is C18H16O. The van der Waals surface area contributed by atoms with Crippen LogP contribution >= 0.6 is 0 Å². The molecular weight excluding hydrogens is 232 g/mol. The molecule has 2 fully saturated rings. The zero-order valence-electron chi connectivity index (χ0n) is 10.9. The van der Waals surface area contributed by atoms with Crippen LogP contribution in [0.25, 0.3) is 0 Å². The fourth-order valence-corrected chi connectivity index (χ4v) is 2.69. The van der Waals surface area contributed by atoms with Crippen LogP contribution in [0, 0.1) is 62.7 Å². The van der Waals surface area contributed by atoms with Crippen molar-refractivity contribution in [2.45, 2.75) is 12.5 Å². The van der Waals surface area contributed by atoms with Crippen molar-refractivity contribution in [3.05, 3.63) is 98.6 Å². The molecule has 3 rings (SSSR count). The van der Waals surface area contributed by atoms with Gasteiger partial charge in [0, 0.05) is 11.8 Å². The Morgan fingerprint density at radius 2 is 1.53 bits per heavy atom. The normalized spacial score (nSPS) is 25.8. The van der Waals surface area contributed by atoms with Crippen LogP contribution in [-0.4, -0.2) is 5.11 Å². The first-order valence-corrected chi connectivity index (χ1v) is 6.46. The molecule has 0 spiro atoms. The summed E-state index contributed by atoms with van der Waals surface area (Å²) in [6.07, 6.45) is 13.9. The zero-order valence-corrected chi connectivity index (χ0v) is 10.9. The fraction of sp³-hybridized carbons (Fsp3) is 0.111. The van der Waals surface area contributed by atoms with E-state index in [1.54, 1.807) is 0 Å². The minimum Gasteiger partial charge on any atom is -0.384 e. The van der Waals surface area contributed by atoms with Crippen LogP contribution in [-0.2, 0) is 5.60 Å². The second kappa shape index (κ2) is 5.28. The first kappa shape index (κ1) is 13.2. The van der Waals surface area contributed by atoms with Crippen molar-refractivity contribution >= 4 is 0 Å². The average Bonchev–Trinajstić information content (AvgIpc) is 3.10. The van der Waals surface area contributed by atoms with Gasteiger partial charge >= 0.3 is 0 Å². The van der Waals surface area contributed by atoms with Crippen LogP contribution < -0.4 is 0 Å². The molecule has 10 radical (unpaired) electrons. The molecule has 0 aliphatic heterocycles. The summed E-state index contributed by atoms with van der Waals surface area (Å²) < 4.78 is 0. The van der Waals surface area contributed by atoms with Crippen molar-refractivity contribution < 1.29 is 5.11 Å². The van der Waals surface area contributed by atoms with Gasteiger partial charge < -0.3 is 5.11 Å². The van der Waals surface area contributed by atoms with E-state index in [9.17, 15) is 5.11 Å². The van der Waals surface area contributed by atoms with Gasteiger partial charge in [-0.05, 0) is 56.4 Å². The van der Waals surface area contributed by atoms with Crippen molar-refractivity contribution in [3.63, 3.8) is 0 Å². The molecule has 2 aliphatic carbocycles. The molecule has 2 aliphatic rings. The van der Waals surface area contributed by atoms with Gasteiger partial charge in [-0.25, -0.2) is 0 Å². The Morgan fingerprint density at radius 3 is 2.11 bits per heavy atom. The highest BCUT2D eigenvalue weighted by Crippen LogP contribution is 2.53. The molecule has 1 heteroatoms. The van der Waals surface area contributed by atoms with E-state index in [0.717, 1.165) is 23.3 Å². The highest BCUT2D eigenvalue weighted by atomic mass is 16.3. The lowest BCUT2D eigenvalue weighted by molar-refractivity contribution is 0.0812. The summed E-state index contributed by atoms with van der Waals surface area (Å²) in [6, 6.07) is 9.83. The van der Waals surface area contributed by atoms with Crippen molar-refractivity contribution in [3.8, 4) is 0 Å². The third-order valence-corrected chi connectivity index (χ3v) is 3.70. The van der Waals surface area contributed by atoms with Crippen molar-refractivity contribution in [1.29, 1.82) is 0 Å². The first-order chi connectivity index (χ1) is 9.23. The lowest BCUT2D eigenvalue weighted by Crippen LogP contribution is -2.40. The molecule has 0 amide bonds. The minimum absolute atomic E-state index is 0.899. The summed E-state index contributed by atoms with van der Waals surface area (Å²) in [5.41, 5.74) is -0.172. The Bertz CT molecular complexity index is 407. The average molecular weight is 248 g/mol. The maximum absolute atomic E-state index is 11.4. The molecule has 94 valence electrons. The van der Waals surface area contributed by atoms with Gasteiger partial charge in [0.05, 0.1) is 0 Å². The summed E-state index contributed by atoms with van der Waals surface area (Å²) in [4.78, 5) is 0. The molecule has 1 aromatic rings. The van der Waals surface area contributed by atoms with Crippen LogP contribution in [0.3, 0.4) is 0 Å². The monoisotopic (exact) mass is 248 g/mol. The number of hydrogen-bond donors (Lipinski definition) is 1. The maximum atomic E-state index is 11.4. The third-order valence-electron chi connectivity index (χ3n) is 3.70. The van der Waals surface area contributed by atoms with Crippen LogP contribution in [0.2, 0.25) is 0 Å². The summed E-state index contributed by atoms with van der Waals surface area (Å²) in [5, 5.41) is 11.4. The van der Waals surface area contributed by atoms with Gasteiger partial charge in [-0.2, -0.15) is 0 Å². The fourth-order valence-electron chi connectivity index (χ4n) is 2.69. The number of rotatable bonds is 3. The molecule has 0 aromatic heterocycles. The molecule has 2 saturated carbocycles. The highest BCUT2D eigenvalue weighted by Gasteiger charge is 2.50. The van der Waals surface area contributed by atoms with E-state index in [0.29, 0.717) is 0 Å². The Hall–Kier alpha value is -0.820. The maximum Gasteiger partial charge on any atom is 0.104 e. The second-order valence-corrected chi connectivity index (χ2v) is 4.87. The van der Waals surface area contributed by atoms with E-state index in [4.69, 9.17) is 0 Å². The van der Waals surface area contributed by atoms with Gasteiger partial charge in [0.2, 0.25) is 0 Å². The van der Waals surface area contributed by atoms with Crippen LogP contribution in [0.1, 0.15) is 12.5 Å². The minimum atomic E-state index is -1.07. The topological polar surface area (TPSA) is 20.2 Å². The standard InChI is InChI=1S/C18H16O/c1-14-8-7-13-17(14)18(19,16-11-5-6-12-16)15-9-3-2-4-10-15/h2-13,19H,1H3/t18-/m0/s1. The van der Waals surface area contributed by atoms with E-state index in [1.165, 1.54) is 0 Å². The lowest BCUT2D eigenvalue weighted by Gasteiger charge is -2.40. The molecule has 1 nitrogen and oxygen atoms in total. The molecule has 1 atom stereocenters. The van der Waals surface area contributed by atoms with Crippen molar-refractivity contribution in [1.82, 2.24) is 0 Å². The Balaban J connectivity index is 1.99. The number of hydrogen-bond acceptors (Lipinski definition) is 1. The Labute approximate surface area is 117 Å². The smallest absolute Gasteiger partial charge is 0.104 e. The molecule has 0 unspecified atom stereocenters. The molecule has 19 heavy (non-hydrogen) atoms. The predicted molar refractivity (Wildman–Crippen MR) is 75.8 cm³/mol. The molecule has 1 N–H and O–H groups in total. The van der Waals surface area contributed by atoms with Gasteiger partial charge in [0.25, 0.3) is 0 Å². The van der Waals surface area contributed by atoms with E-state index in [2.05, 4.69) is 0 Å². The van der Waals surface area contributed by atoms with Gasteiger partial charge in [-0.3, -0.25) is 0 Å². The van der Waals surface area contributed by atoms with Crippen LogP contribution in [0.5, 0.6) is 0 Å². The van der Waals surface area contributed by atoms with Gasteiger partial charge in [-0.15, -0.1) is 0 Å². The SMILES string of the molecule is C[C]1[CH][CH][CH][C]1[C@@](O)([C]1[CH][CH][CH][CH]1)c1ccccc1. The summed E-state index contributed by atoms with van der Waals surface area (Å²) in [5.74, 6) is 2.96. The van der Waals surface area contributed by atoms with E-state index >= 15 is 0 Å². The third kappa shape index (κ3) is 2.23. The first-order valence-electron chi connectivity index (χ1n) is 6.46. The van der Waals surface area contributed by atoms with Crippen LogP contribution in [0.15, 0.2) is 30.3 Å². The molecule has 1 aromatic carbocycles. The lowest BCUT2D eigenvalue weighted by atomic mass is 9.68. The van der Waals surface area contributed by atoms with Crippen molar-refractivity contribution in [2.24, 2.45) is 0 Å². The molecule has 0 bridgehead atoms. The summed E-state index contributed by atoms with van der Waals surface area (Å²) in [6.45, 7) is 2.03. The Kier molecular flexibility index (Phi) is 3.66. The quantitative estimate of drug-likeness (QED) is 0.871. The van der Waals surface area contributed by atoms with E-state index in [1.807, 2.05) is 82.2 Å². The van der Waals surface area contributed by atoms with Gasteiger partial charge in [-0.1, -0.05) is 37.3 Å².